The summed E-state index contributed by atoms with van der Waals surface area (Å²) in [7, 11) is 3.16. The molecule has 0 unspecified atom stereocenters. The lowest BCUT2D eigenvalue weighted by Crippen LogP contribution is -2.25. The van der Waals surface area contributed by atoms with Crippen molar-refractivity contribution in [1.29, 1.82) is 0 Å². The number of carbonyl (C=O) groups excluding carboxylic acids is 2. The number of nitrogens with one attached hydrogen (secondary N) is 1. The number of allylic oxidation sites excluding steroid dienone is 1. The van der Waals surface area contributed by atoms with Crippen LogP contribution in [0.5, 0.6) is 17.2 Å². The van der Waals surface area contributed by atoms with Gasteiger partial charge in [-0.3, -0.25) is 9.59 Å². The number of hydrogen-bond donors (Lipinski definition) is 1. The largest absolute Gasteiger partial charge is 0.493 e. The lowest BCUT2D eigenvalue weighted by Gasteiger charge is -2.17. The summed E-state index contributed by atoms with van der Waals surface area (Å²) in [4.78, 5) is 24.6. The third-order valence-electron chi connectivity index (χ3n) is 5.73. The molecule has 8 nitrogen and oxygen atoms in total. The van der Waals surface area contributed by atoms with Gasteiger partial charge in [-0.25, -0.2) is 4.68 Å². The Morgan fingerprint density at radius 3 is 2.61 bits per heavy atom. The van der Waals surface area contributed by atoms with Crippen molar-refractivity contribution in [3.05, 3.63) is 90.1 Å². The number of nitrogens with zero attached hydrogens (tertiary/aromatic N) is 2. The fraction of sp³-hybridized carbons (Fsp3) is 0.107. The molecule has 3 aromatic carbocycles. The predicted octanol–water partition coefficient (Wildman–Crippen LogP) is 4.78. The van der Waals surface area contributed by atoms with Gasteiger partial charge in [0.15, 0.2) is 23.9 Å². The van der Waals surface area contributed by atoms with Gasteiger partial charge in [-0.1, -0.05) is 18.2 Å². The van der Waals surface area contributed by atoms with Crippen molar-refractivity contribution in [2.75, 3.05) is 26.1 Å². The normalized spacial score (nSPS) is 12.6. The van der Waals surface area contributed by atoms with Gasteiger partial charge in [-0.05, 0) is 60.7 Å². The summed E-state index contributed by atoms with van der Waals surface area (Å²) < 4.78 is 18.0. The second-order valence-corrected chi connectivity index (χ2v) is 8.03. The Balaban J connectivity index is 1.51. The molecular formula is C28H23N3O5. The van der Waals surface area contributed by atoms with Crippen molar-refractivity contribution < 1.29 is 23.8 Å². The predicted molar refractivity (Wildman–Crippen MR) is 136 cm³/mol. The zero-order valence-electron chi connectivity index (χ0n) is 19.7. The third-order valence-corrected chi connectivity index (χ3v) is 5.73. The number of para-hydroxylation sites is 1. The summed E-state index contributed by atoms with van der Waals surface area (Å²) in [5.74, 6) is 1.25. The highest BCUT2D eigenvalue weighted by Crippen LogP contribution is 2.34. The molecule has 0 spiro atoms. The van der Waals surface area contributed by atoms with E-state index in [9.17, 15) is 9.59 Å². The quantitative estimate of drug-likeness (QED) is 0.302. The molecule has 1 amide bonds. The Morgan fingerprint density at radius 1 is 1.03 bits per heavy atom. The molecule has 0 saturated carbocycles. The van der Waals surface area contributed by atoms with E-state index in [1.54, 1.807) is 43.2 Å². The van der Waals surface area contributed by atoms with Crippen LogP contribution in [-0.2, 0) is 4.79 Å². The standard InChI is InChI=1S/C28H23N3O5/c1-34-25-13-10-19(15-26(25)35-2)28-20(16-31(30-28)21-6-4-3-5-7-21)8-11-23(32)18-9-12-24-22(14-18)29-27(33)17-36-24/h3-16H,17H2,1-2H3,(H,29,33)/b11-8+. The van der Waals surface area contributed by atoms with Crippen molar-refractivity contribution in [1.82, 2.24) is 9.78 Å². The third kappa shape index (κ3) is 4.56. The Labute approximate surface area is 207 Å². The van der Waals surface area contributed by atoms with E-state index in [4.69, 9.17) is 19.3 Å². The number of anilines is 1. The van der Waals surface area contributed by atoms with E-state index in [-0.39, 0.29) is 18.3 Å². The SMILES string of the molecule is COc1ccc(-c2nn(-c3ccccc3)cc2/C=C/C(=O)c2ccc3c(c2)NC(=O)CO3)cc1OC. The van der Waals surface area contributed by atoms with Crippen molar-refractivity contribution in [3.8, 4) is 34.2 Å². The van der Waals surface area contributed by atoms with Gasteiger partial charge < -0.3 is 19.5 Å². The smallest absolute Gasteiger partial charge is 0.262 e. The van der Waals surface area contributed by atoms with Gasteiger partial charge in [0.2, 0.25) is 0 Å². The molecule has 0 saturated heterocycles. The first kappa shape index (κ1) is 22.9. The van der Waals surface area contributed by atoms with Crippen LogP contribution in [0.2, 0.25) is 0 Å². The lowest BCUT2D eigenvalue weighted by atomic mass is 10.0. The van der Waals surface area contributed by atoms with Crippen LogP contribution in [0.4, 0.5) is 5.69 Å². The molecule has 1 N–H and O–H groups in total. The topological polar surface area (TPSA) is 91.7 Å². The van der Waals surface area contributed by atoms with Crippen molar-refractivity contribution >= 4 is 23.5 Å². The second kappa shape index (κ2) is 9.79. The molecule has 0 fully saturated rings. The minimum Gasteiger partial charge on any atom is -0.493 e. The molecule has 1 aromatic heterocycles. The molecule has 2 heterocycles. The number of ether oxygens (including phenoxy) is 3. The maximum absolute atomic E-state index is 13.0. The average Bonchev–Trinajstić information content (AvgIpc) is 3.35. The summed E-state index contributed by atoms with van der Waals surface area (Å²) in [6.45, 7) is -0.0372. The molecule has 8 heteroatoms. The van der Waals surface area contributed by atoms with Gasteiger partial charge in [-0.2, -0.15) is 5.10 Å². The molecule has 0 radical (unpaired) electrons. The zero-order valence-corrected chi connectivity index (χ0v) is 19.7. The molecule has 36 heavy (non-hydrogen) atoms. The fourth-order valence-electron chi connectivity index (χ4n) is 3.93. The minimum atomic E-state index is -0.254. The number of amides is 1. The first-order chi connectivity index (χ1) is 17.6. The highest BCUT2D eigenvalue weighted by atomic mass is 16.5. The van der Waals surface area contributed by atoms with Gasteiger partial charge in [0, 0.05) is 22.9 Å². The van der Waals surface area contributed by atoms with Crippen LogP contribution in [0, 0.1) is 0 Å². The molecule has 1 aliphatic heterocycles. The van der Waals surface area contributed by atoms with Gasteiger partial charge in [0.1, 0.15) is 11.4 Å². The lowest BCUT2D eigenvalue weighted by molar-refractivity contribution is -0.118. The Morgan fingerprint density at radius 2 is 1.83 bits per heavy atom. The van der Waals surface area contributed by atoms with Crippen molar-refractivity contribution in [2.24, 2.45) is 0 Å². The molecule has 5 rings (SSSR count). The highest BCUT2D eigenvalue weighted by molar-refractivity contribution is 6.08. The van der Waals surface area contributed by atoms with E-state index < -0.39 is 0 Å². The number of hydrogen-bond acceptors (Lipinski definition) is 6. The van der Waals surface area contributed by atoms with Crippen LogP contribution < -0.4 is 19.5 Å². The van der Waals surface area contributed by atoms with E-state index >= 15 is 0 Å². The molecule has 4 aromatic rings. The van der Waals surface area contributed by atoms with Gasteiger partial charge in [0.05, 0.1) is 25.6 Å². The van der Waals surface area contributed by atoms with E-state index in [1.807, 2.05) is 54.7 Å². The maximum atomic E-state index is 13.0. The van der Waals surface area contributed by atoms with Gasteiger partial charge >= 0.3 is 0 Å². The van der Waals surface area contributed by atoms with Gasteiger partial charge in [-0.15, -0.1) is 0 Å². The number of carbonyl (C=O) groups is 2. The number of benzene rings is 3. The van der Waals surface area contributed by atoms with Crippen LogP contribution in [0.25, 0.3) is 23.0 Å². The monoisotopic (exact) mass is 481 g/mol. The Kier molecular flexibility index (Phi) is 6.23. The number of aromatic nitrogens is 2. The van der Waals surface area contributed by atoms with Gasteiger partial charge in [0.25, 0.3) is 5.91 Å². The number of fused-ring (bicyclic) bond motifs is 1. The Bertz CT molecular complexity index is 1470. The van der Waals surface area contributed by atoms with Crippen molar-refractivity contribution in [2.45, 2.75) is 0 Å². The Hall–Kier alpha value is -4.85. The molecule has 1 aliphatic rings. The summed E-state index contributed by atoms with van der Waals surface area (Å²) in [6, 6.07) is 20.2. The van der Waals surface area contributed by atoms with Crippen LogP contribution in [-0.4, -0.2) is 42.3 Å². The van der Waals surface area contributed by atoms with Crippen LogP contribution >= 0.6 is 0 Å². The number of methoxy groups -OCH3 is 2. The maximum Gasteiger partial charge on any atom is 0.262 e. The number of rotatable bonds is 7. The summed E-state index contributed by atoms with van der Waals surface area (Å²) in [6.07, 6.45) is 5.09. The van der Waals surface area contributed by atoms with Crippen molar-refractivity contribution in [3.63, 3.8) is 0 Å². The average molecular weight is 482 g/mol. The zero-order chi connectivity index (χ0) is 25.1. The van der Waals surface area contributed by atoms with E-state index in [2.05, 4.69) is 5.32 Å². The van der Waals surface area contributed by atoms with E-state index in [0.717, 1.165) is 16.8 Å². The molecule has 0 aliphatic carbocycles. The molecule has 0 atom stereocenters. The molecule has 180 valence electrons. The van der Waals surface area contributed by atoms with Crippen LogP contribution in [0.15, 0.2) is 79.0 Å². The minimum absolute atomic E-state index is 0.0372. The first-order valence-electron chi connectivity index (χ1n) is 11.2. The summed E-state index contributed by atoms with van der Waals surface area (Å²) in [5.41, 5.74) is 4.02. The van der Waals surface area contributed by atoms with E-state index in [0.29, 0.717) is 34.2 Å². The van der Waals surface area contributed by atoms with Crippen LogP contribution in [0.1, 0.15) is 15.9 Å². The van der Waals surface area contributed by atoms with E-state index in [1.165, 1.54) is 6.08 Å². The first-order valence-corrected chi connectivity index (χ1v) is 11.2. The highest BCUT2D eigenvalue weighted by Gasteiger charge is 2.18. The second-order valence-electron chi connectivity index (χ2n) is 8.03. The summed E-state index contributed by atoms with van der Waals surface area (Å²) >= 11 is 0. The molecular weight excluding hydrogens is 458 g/mol. The van der Waals surface area contributed by atoms with Crippen LogP contribution in [0.3, 0.4) is 0 Å². The summed E-state index contributed by atoms with van der Waals surface area (Å²) in [5, 5.41) is 7.52. The fourth-order valence-corrected chi connectivity index (χ4v) is 3.93. The number of ketones is 1. The molecule has 0 bridgehead atoms.